The predicted molar refractivity (Wildman–Crippen MR) is 87.2 cm³/mol. The minimum absolute atomic E-state index is 0.297. The van der Waals surface area contributed by atoms with Crippen LogP contribution in [0.2, 0.25) is 5.15 Å². The number of hydrogen-bond donors (Lipinski definition) is 1. The van der Waals surface area contributed by atoms with E-state index < -0.39 is 6.04 Å². The van der Waals surface area contributed by atoms with Gasteiger partial charge in [-0.2, -0.15) is 0 Å². The van der Waals surface area contributed by atoms with Gasteiger partial charge in [-0.1, -0.05) is 29.8 Å². The molecule has 6 nitrogen and oxygen atoms in total. The molecule has 2 aliphatic heterocycles. The third-order valence-electron chi connectivity index (χ3n) is 4.18. The van der Waals surface area contributed by atoms with Crippen molar-refractivity contribution in [2.45, 2.75) is 19.4 Å². The number of hydrogen-bond acceptors (Lipinski definition) is 6. The zero-order chi connectivity index (χ0) is 16.0. The van der Waals surface area contributed by atoms with Gasteiger partial charge in [-0.05, 0) is 18.9 Å². The fraction of sp³-hybridized carbons (Fsp3) is 0.312. The van der Waals surface area contributed by atoms with Crippen LogP contribution in [0, 0.1) is 0 Å². The van der Waals surface area contributed by atoms with Crippen LogP contribution in [-0.4, -0.2) is 29.1 Å². The van der Waals surface area contributed by atoms with Gasteiger partial charge in [0.2, 0.25) is 0 Å². The molecule has 118 valence electrons. The molecule has 2 aliphatic rings. The van der Waals surface area contributed by atoms with Gasteiger partial charge in [0.1, 0.15) is 12.0 Å². The lowest BCUT2D eigenvalue weighted by molar-refractivity contribution is -0.144. The third kappa shape index (κ3) is 2.13. The Morgan fingerprint density at radius 1 is 1.48 bits per heavy atom. The number of nitrogens with one attached hydrogen (secondary N) is 1. The second-order valence-corrected chi connectivity index (χ2v) is 5.81. The first kappa shape index (κ1) is 14.3. The average Bonchev–Trinajstić information content (AvgIpc) is 2.91. The van der Waals surface area contributed by atoms with Crippen LogP contribution in [0.1, 0.15) is 24.1 Å². The summed E-state index contributed by atoms with van der Waals surface area (Å²) < 4.78 is 5.24. The van der Waals surface area contributed by atoms with Crippen molar-refractivity contribution in [2.75, 3.05) is 23.4 Å². The monoisotopic (exact) mass is 330 g/mol. The van der Waals surface area contributed by atoms with Crippen LogP contribution < -0.4 is 10.2 Å². The molecule has 1 unspecified atom stereocenters. The minimum atomic E-state index is -0.629. The highest BCUT2D eigenvalue weighted by Gasteiger charge is 2.37. The highest BCUT2D eigenvalue weighted by molar-refractivity contribution is 6.32. The van der Waals surface area contributed by atoms with E-state index in [1.807, 2.05) is 12.1 Å². The number of nitrogens with zero attached hydrogens (tertiary/aromatic N) is 3. The van der Waals surface area contributed by atoms with Crippen molar-refractivity contribution in [3.05, 3.63) is 40.8 Å². The second-order valence-electron chi connectivity index (χ2n) is 5.45. The summed E-state index contributed by atoms with van der Waals surface area (Å²) in [4.78, 5) is 23.0. The van der Waals surface area contributed by atoms with Gasteiger partial charge in [-0.3, -0.25) is 0 Å². The molecule has 0 radical (unpaired) electrons. The number of para-hydroxylation sites is 1. The molecule has 0 spiro atoms. The van der Waals surface area contributed by atoms with Gasteiger partial charge in [0.25, 0.3) is 0 Å². The maximum Gasteiger partial charge on any atom is 0.333 e. The Morgan fingerprint density at radius 3 is 3.17 bits per heavy atom. The number of benzene rings is 1. The summed E-state index contributed by atoms with van der Waals surface area (Å²) in [7, 11) is 0. The number of carbonyl (C=O) groups excluding carboxylic acids is 1. The van der Waals surface area contributed by atoms with Crippen LogP contribution in [0.4, 0.5) is 17.2 Å². The maximum atomic E-state index is 12.5. The van der Waals surface area contributed by atoms with Crippen LogP contribution in [-0.2, 0) is 16.0 Å². The van der Waals surface area contributed by atoms with Gasteiger partial charge in [-0.25, -0.2) is 14.8 Å². The van der Waals surface area contributed by atoms with Gasteiger partial charge >= 0.3 is 5.97 Å². The van der Waals surface area contributed by atoms with E-state index in [9.17, 15) is 4.79 Å². The smallest absolute Gasteiger partial charge is 0.333 e. The first-order valence-electron chi connectivity index (χ1n) is 7.53. The van der Waals surface area contributed by atoms with Gasteiger partial charge in [0, 0.05) is 12.1 Å². The fourth-order valence-corrected chi connectivity index (χ4v) is 3.43. The van der Waals surface area contributed by atoms with E-state index in [2.05, 4.69) is 26.3 Å². The molecular formula is C16H15ClN4O2. The van der Waals surface area contributed by atoms with Crippen LogP contribution in [0.25, 0.3) is 0 Å². The summed E-state index contributed by atoms with van der Waals surface area (Å²) in [5, 5.41) is 3.48. The van der Waals surface area contributed by atoms with Gasteiger partial charge in [-0.15, -0.1) is 0 Å². The molecule has 3 heterocycles. The van der Waals surface area contributed by atoms with Crippen LogP contribution in [0.15, 0.2) is 24.5 Å². The Morgan fingerprint density at radius 2 is 2.35 bits per heavy atom. The van der Waals surface area contributed by atoms with Crippen molar-refractivity contribution in [1.29, 1.82) is 0 Å². The SMILES string of the molecule is CCOC(=O)C1Nc2c(Cl)ncnc2N2CCc3cccc1c32. The summed E-state index contributed by atoms with van der Waals surface area (Å²) in [6.07, 6.45) is 2.34. The van der Waals surface area contributed by atoms with Crippen molar-refractivity contribution in [1.82, 2.24) is 9.97 Å². The predicted octanol–water partition coefficient (Wildman–Crippen LogP) is 2.85. The Bertz CT molecular complexity index is 796. The maximum absolute atomic E-state index is 12.5. The molecule has 1 aromatic heterocycles. The number of halogens is 1. The lowest BCUT2D eigenvalue weighted by atomic mass is 10.0. The van der Waals surface area contributed by atoms with E-state index in [-0.39, 0.29) is 5.97 Å². The Kier molecular flexibility index (Phi) is 3.34. The van der Waals surface area contributed by atoms with Crippen molar-refractivity contribution in [2.24, 2.45) is 0 Å². The molecule has 23 heavy (non-hydrogen) atoms. The molecule has 1 atom stereocenters. The number of carbonyl (C=O) groups is 1. The molecule has 0 amide bonds. The third-order valence-corrected chi connectivity index (χ3v) is 4.47. The first-order chi connectivity index (χ1) is 11.2. The van der Waals surface area contributed by atoms with Crippen molar-refractivity contribution < 1.29 is 9.53 Å². The van der Waals surface area contributed by atoms with E-state index in [1.54, 1.807) is 6.92 Å². The van der Waals surface area contributed by atoms with Crippen molar-refractivity contribution in [3.63, 3.8) is 0 Å². The number of anilines is 3. The second kappa shape index (κ2) is 5.38. The molecule has 0 fully saturated rings. The van der Waals surface area contributed by atoms with E-state index >= 15 is 0 Å². The van der Waals surface area contributed by atoms with E-state index in [1.165, 1.54) is 11.9 Å². The molecule has 0 aliphatic carbocycles. The molecule has 0 saturated carbocycles. The molecular weight excluding hydrogens is 316 g/mol. The molecule has 4 rings (SSSR count). The molecule has 0 saturated heterocycles. The summed E-state index contributed by atoms with van der Waals surface area (Å²) >= 11 is 6.25. The van der Waals surface area contributed by atoms with Crippen LogP contribution in [0.3, 0.4) is 0 Å². The highest BCUT2D eigenvalue weighted by Crippen LogP contribution is 2.47. The fourth-order valence-electron chi connectivity index (χ4n) is 3.25. The summed E-state index contributed by atoms with van der Waals surface area (Å²) in [6, 6.07) is 5.36. The molecule has 0 bridgehead atoms. The number of ether oxygens (including phenoxy) is 1. The summed E-state index contributed by atoms with van der Waals surface area (Å²) in [5.41, 5.74) is 3.66. The summed E-state index contributed by atoms with van der Waals surface area (Å²) in [6.45, 7) is 2.91. The largest absolute Gasteiger partial charge is 0.464 e. The van der Waals surface area contributed by atoms with Gasteiger partial charge in [0.05, 0.1) is 12.3 Å². The van der Waals surface area contributed by atoms with E-state index in [0.29, 0.717) is 23.3 Å². The van der Waals surface area contributed by atoms with Crippen LogP contribution in [0.5, 0.6) is 0 Å². The topological polar surface area (TPSA) is 67.3 Å². The van der Waals surface area contributed by atoms with Gasteiger partial charge in [0.15, 0.2) is 17.0 Å². The highest BCUT2D eigenvalue weighted by atomic mass is 35.5. The quantitative estimate of drug-likeness (QED) is 0.674. The molecule has 1 aromatic carbocycles. The van der Waals surface area contributed by atoms with Crippen molar-refractivity contribution in [3.8, 4) is 0 Å². The minimum Gasteiger partial charge on any atom is -0.464 e. The Balaban J connectivity index is 1.94. The standard InChI is InChI=1S/C16H15ClN4O2/c1-2-23-16(22)11-10-5-3-4-9-6-7-21(13(9)10)15-12(20-11)14(17)18-8-19-15/h3-5,8,11,20H,2,6-7H2,1H3. The van der Waals surface area contributed by atoms with E-state index in [0.717, 1.165) is 24.2 Å². The number of rotatable bonds is 2. The van der Waals surface area contributed by atoms with E-state index in [4.69, 9.17) is 16.3 Å². The molecule has 1 N–H and O–H groups in total. The first-order valence-corrected chi connectivity index (χ1v) is 7.91. The zero-order valence-corrected chi connectivity index (χ0v) is 13.3. The van der Waals surface area contributed by atoms with Gasteiger partial charge < -0.3 is 15.0 Å². The average molecular weight is 331 g/mol. The van der Waals surface area contributed by atoms with Crippen LogP contribution >= 0.6 is 11.6 Å². The van der Waals surface area contributed by atoms with Crippen molar-refractivity contribution >= 4 is 34.8 Å². The lowest BCUT2D eigenvalue weighted by Crippen LogP contribution is -2.23. The number of fused-ring (bicyclic) bond motifs is 2. The molecule has 7 heteroatoms. The zero-order valence-electron chi connectivity index (χ0n) is 12.5. The number of esters is 1. The Hall–Kier alpha value is -2.34. The number of aromatic nitrogens is 2. The molecule has 2 aromatic rings. The lowest BCUT2D eigenvalue weighted by Gasteiger charge is -2.20. The Labute approximate surface area is 138 Å². The summed E-state index contributed by atoms with van der Waals surface area (Å²) in [5.74, 6) is 0.364. The normalized spacial score (nSPS) is 17.8.